The van der Waals surface area contributed by atoms with Crippen molar-refractivity contribution in [3.05, 3.63) is 95.1 Å². The molecule has 12 heteroatoms. The molecule has 1 unspecified atom stereocenters. The number of aromatic nitrogens is 4. The fourth-order valence-electron chi connectivity index (χ4n) is 4.84. The highest BCUT2D eigenvalue weighted by Crippen LogP contribution is 2.32. The molecule has 2 heterocycles. The number of hydrogen-bond donors (Lipinski definition) is 3. The molecule has 44 heavy (non-hydrogen) atoms. The van der Waals surface area contributed by atoms with Crippen LogP contribution in [0.4, 0.5) is 23.7 Å². The second kappa shape index (κ2) is 12.7. The van der Waals surface area contributed by atoms with Crippen molar-refractivity contribution >= 4 is 11.8 Å². The van der Waals surface area contributed by atoms with Crippen LogP contribution in [-0.2, 0) is 31.1 Å². The normalized spacial score (nSPS) is 14.3. The molecule has 2 aromatic carbocycles. The number of halogens is 3. The predicted octanol–water partition coefficient (Wildman–Crippen LogP) is 6.35. The van der Waals surface area contributed by atoms with E-state index in [-0.39, 0.29) is 19.1 Å². The highest BCUT2D eigenvalue weighted by Gasteiger charge is 2.35. The molecule has 0 spiro atoms. The maximum atomic E-state index is 13.8. The molecule has 1 atom stereocenters. The lowest BCUT2D eigenvalue weighted by Crippen LogP contribution is -2.32. The summed E-state index contributed by atoms with van der Waals surface area (Å²) in [6.45, 7) is 6.44. The highest BCUT2D eigenvalue weighted by molar-refractivity contribution is 5.67. The van der Waals surface area contributed by atoms with Gasteiger partial charge < -0.3 is 20.7 Å². The van der Waals surface area contributed by atoms with E-state index in [1.54, 1.807) is 49.7 Å². The van der Waals surface area contributed by atoms with Crippen molar-refractivity contribution in [3.8, 4) is 5.69 Å². The van der Waals surface area contributed by atoms with E-state index < -0.39 is 23.6 Å². The molecule has 2 aromatic heterocycles. The molecule has 0 bridgehead atoms. The van der Waals surface area contributed by atoms with E-state index in [4.69, 9.17) is 4.74 Å². The first-order chi connectivity index (χ1) is 20.8. The summed E-state index contributed by atoms with van der Waals surface area (Å²) in [5, 5.41) is 17.9. The maximum Gasteiger partial charge on any atom is 0.435 e. The Morgan fingerprint density at radius 1 is 1.05 bits per heavy atom. The van der Waals surface area contributed by atoms with Gasteiger partial charge in [-0.3, -0.25) is 4.68 Å². The number of aryl methyl sites for hydroxylation is 1. The van der Waals surface area contributed by atoms with E-state index >= 15 is 0 Å². The number of alkyl carbamates (subject to hydrolysis) is 1. The minimum absolute atomic E-state index is 0.0644. The van der Waals surface area contributed by atoms with E-state index in [0.29, 0.717) is 22.9 Å². The van der Waals surface area contributed by atoms with Gasteiger partial charge in [-0.15, -0.1) is 0 Å². The Bertz CT molecular complexity index is 1580. The molecular weight excluding hydrogens is 571 g/mol. The van der Waals surface area contributed by atoms with Gasteiger partial charge in [-0.05, 0) is 87.5 Å². The summed E-state index contributed by atoms with van der Waals surface area (Å²) in [5.41, 5.74) is 2.65. The van der Waals surface area contributed by atoms with Crippen molar-refractivity contribution in [3.63, 3.8) is 0 Å². The zero-order valence-electron chi connectivity index (χ0n) is 25.3. The Morgan fingerprint density at radius 3 is 2.50 bits per heavy atom. The lowest BCUT2D eigenvalue weighted by atomic mass is 10.0. The molecule has 0 saturated heterocycles. The van der Waals surface area contributed by atoms with Crippen LogP contribution in [0.3, 0.4) is 0 Å². The number of anilines is 1. The monoisotopic (exact) mass is 609 g/mol. The lowest BCUT2D eigenvalue weighted by molar-refractivity contribution is -0.141. The summed E-state index contributed by atoms with van der Waals surface area (Å²) < 4.78 is 49.6. The molecule has 5 rings (SSSR count). The number of hydrogen-bond acceptors (Lipinski definition) is 6. The molecular formula is C32H38F3N7O2. The molecule has 1 aliphatic rings. The summed E-state index contributed by atoms with van der Waals surface area (Å²) in [5.74, 6) is 0.685. The number of amides is 1. The Hall–Kier alpha value is -4.32. The Labute approximate surface area is 254 Å². The highest BCUT2D eigenvalue weighted by atomic mass is 19.4. The number of rotatable bonds is 11. The summed E-state index contributed by atoms with van der Waals surface area (Å²) in [4.78, 5) is 12.1. The number of carbonyl (C=O) groups is 1. The van der Waals surface area contributed by atoms with Crippen molar-refractivity contribution in [2.45, 2.75) is 64.5 Å². The third kappa shape index (κ3) is 8.40. The second-order valence-electron chi connectivity index (χ2n) is 12.2. The van der Waals surface area contributed by atoms with Crippen molar-refractivity contribution in [2.24, 2.45) is 13.0 Å². The fourth-order valence-corrected chi connectivity index (χ4v) is 4.84. The average molecular weight is 610 g/mol. The van der Waals surface area contributed by atoms with Crippen molar-refractivity contribution in [1.29, 1.82) is 0 Å². The average Bonchev–Trinajstić information content (AvgIpc) is 3.51. The summed E-state index contributed by atoms with van der Waals surface area (Å²) in [6.07, 6.45) is 1.09. The minimum Gasteiger partial charge on any atom is -0.444 e. The van der Waals surface area contributed by atoms with Gasteiger partial charge in [0.15, 0.2) is 5.69 Å². The fraction of sp³-hybridized carbons (Fsp3) is 0.406. The molecule has 1 fully saturated rings. The largest absolute Gasteiger partial charge is 0.444 e. The first kappa shape index (κ1) is 31.1. The van der Waals surface area contributed by atoms with E-state index in [1.807, 2.05) is 43.7 Å². The van der Waals surface area contributed by atoms with Crippen LogP contribution in [0.15, 0.2) is 67.0 Å². The second-order valence-corrected chi connectivity index (χ2v) is 12.2. The number of benzene rings is 2. The molecule has 4 aromatic rings. The van der Waals surface area contributed by atoms with Crippen LogP contribution in [0.1, 0.15) is 67.7 Å². The van der Waals surface area contributed by atoms with Gasteiger partial charge in [0.25, 0.3) is 0 Å². The van der Waals surface area contributed by atoms with E-state index in [2.05, 4.69) is 26.1 Å². The third-order valence-electron chi connectivity index (χ3n) is 7.12. The van der Waals surface area contributed by atoms with E-state index in [0.717, 1.165) is 29.4 Å². The molecule has 0 radical (unpaired) electrons. The van der Waals surface area contributed by atoms with Gasteiger partial charge in [0.05, 0.1) is 30.2 Å². The van der Waals surface area contributed by atoms with Crippen LogP contribution in [-0.4, -0.2) is 37.8 Å². The van der Waals surface area contributed by atoms with Crippen molar-refractivity contribution in [2.75, 3.05) is 11.9 Å². The first-order valence-corrected chi connectivity index (χ1v) is 14.6. The van der Waals surface area contributed by atoms with Gasteiger partial charge in [0.2, 0.25) is 0 Å². The quantitative estimate of drug-likeness (QED) is 0.183. The summed E-state index contributed by atoms with van der Waals surface area (Å²) >= 11 is 0. The molecule has 1 amide bonds. The Morgan fingerprint density at radius 2 is 1.82 bits per heavy atom. The number of ether oxygens (including phenoxy) is 1. The first-order valence-electron chi connectivity index (χ1n) is 14.6. The maximum absolute atomic E-state index is 13.8. The van der Waals surface area contributed by atoms with Crippen LogP contribution in [0, 0.1) is 5.92 Å². The standard InChI is InChI=1S/C32H38F3N7O2/c1-31(2,3)44-30(43)38-17-22-7-5-10-26(13-22)42-27(15-28(40-42)32(33,34)35)19-36-25-9-6-8-23(14-25)29(37-16-21-11-12-21)24-18-39-41(4)20-24/h5-10,13-15,18,20-21,29,36-37H,11-12,16-17,19H2,1-4H3,(H,38,43). The summed E-state index contributed by atoms with van der Waals surface area (Å²) in [6, 6.07) is 15.7. The van der Waals surface area contributed by atoms with Gasteiger partial charge >= 0.3 is 12.3 Å². The number of carbonyl (C=O) groups excluding carboxylic acids is 1. The lowest BCUT2D eigenvalue weighted by Gasteiger charge is -2.20. The molecule has 1 aliphatic carbocycles. The number of nitrogens with zero attached hydrogens (tertiary/aromatic N) is 4. The topological polar surface area (TPSA) is 98.0 Å². The molecule has 3 N–H and O–H groups in total. The zero-order chi connectivity index (χ0) is 31.5. The van der Waals surface area contributed by atoms with Gasteiger partial charge in [-0.25, -0.2) is 9.48 Å². The van der Waals surface area contributed by atoms with Crippen LogP contribution in [0.5, 0.6) is 0 Å². The van der Waals surface area contributed by atoms with Gasteiger partial charge in [-0.1, -0.05) is 24.3 Å². The minimum atomic E-state index is -4.61. The van der Waals surface area contributed by atoms with E-state index in [1.165, 1.54) is 17.5 Å². The summed E-state index contributed by atoms with van der Waals surface area (Å²) in [7, 11) is 1.88. The van der Waals surface area contributed by atoms with Gasteiger partial charge in [-0.2, -0.15) is 23.4 Å². The number of nitrogens with one attached hydrogen (secondary N) is 3. The Balaban J connectivity index is 1.35. The van der Waals surface area contributed by atoms with Crippen LogP contribution in [0.2, 0.25) is 0 Å². The molecule has 0 aliphatic heterocycles. The van der Waals surface area contributed by atoms with Gasteiger partial charge in [0, 0.05) is 31.0 Å². The molecule has 9 nitrogen and oxygen atoms in total. The molecule has 1 saturated carbocycles. The number of alkyl halides is 3. The third-order valence-corrected chi connectivity index (χ3v) is 7.12. The van der Waals surface area contributed by atoms with Crippen molar-refractivity contribution < 1.29 is 22.7 Å². The van der Waals surface area contributed by atoms with Crippen LogP contribution >= 0.6 is 0 Å². The van der Waals surface area contributed by atoms with Crippen LogP contribution < -0.4 is 16.0 Å². The SMILES string of the molecule is Cn1cc(C(NCC2CC2)c2cccc(NCc3cc(C(F)(F)F)nn3-c3cccc(CNC(=O)OC(C)(C)C)c3)c2)cn1. The smallest absolute Gasteiger partial charge is 0.435 e. The van der Waals surface area contributed by atoms with Gasteiger partial charge in [0.1, 0.15) is 5.60 Å². The van der Waals surface area contributed by atoms with Crippen LogP contribution in [0.25, 0.3) is 5.69 Å². The van der Waals surface area contributed by atoms with E-state index in [9.17, 15) is 18.0 Å². The Kier molecular flexibility index (Phi) is 9.00. The van der Waals surface area contributed by atoms with Crippen molar-refractivity contribution in [1.82, 2.24) is 30.2 Å². The predicted molar refractivity (Wildman–Crippen MR) is 161 cm³/mol. The zero-order valence-corrected chi connectivity index (χ0v) is 25.3. The molecule has 234 valence electrons.